The molecule has 0 aromatic heterocycles. The maximum atomic E-state index is 13.9. The number of ether oxygens (including phenoxy) is 2. The van der Waals surface area contributed by atoms with Crippen LogP contribution < -0.4 is 10.1 Å². The molecule has 0 amide bonds. The van der Waals surface area contributed by atoms with Gasteiger partial charge in [-0.05, 0) is 66.6 Å². The van der Waals surface area contributed by atoms with E-state index in [1.165, 1.54) is 0 Å². The number of nitrogens with one attached hydrogen (secondary N) is 1. The normalized spacial score (nSPS) is 20.4. The predicted molar refractivity (Wildman–Crippen MR) is 145 cm³/mol. The Morgan fingerprint density at radius 2 is 1.76 bits per heavy atom. The largest absolute Gasteiger partial charge is 0.497 e. The van der Waals surface area contributed by atoms with Crippen LogP contribution in [0.3, 0.4) is 0 Å². The van der Waals surface area contributed by atoms with Crippen molar-refractivity contribution in [2.45, 2.75) is 58.0 Å². The number of methoxy groups -OCH3 is 1. The summed E-state index contributed by atoms with van der Waals surface area (Å²) < 4.78 is 11.1. The van der Waals surface area contributed by atoms with Crippen molar-refractivity contribution in [1.82, 2.24) is 5.32 Å². The number of hydrogen-bond acceptors (Lipinski definition) is 5. The Morgan fingerprint density at radius 3 is 2.49 bits per heavy atom. The van der Waals surface area contributed by atoms with Crippen LogP contribution in [0.4, 0.5) is 0 Å². The van der Waals surface area contributed by atoms with Gasteiger partial charge >= 0.3 is 5.97 Å². The van der Waals surface area contributed by atoms with Crippen LogP contribution in [0.5, 0.6) is 5.75 Å². The van der Waals surface area contributed by atoms with Gasteiger partial charge < -0.3 is 14.8 Å². The van der Waals surface area contributed by atoms with E-state index in [-0.39, 0.29) is 23.8 Å². The van der Waals surface area contributed by atoms with Gasteiger partial charge in [-0.2, -0.15) is 0 Å². The maximum absolute atomic E-state index is 13.9. The van der Waals surface area contributed by atoms with E-state index in [0.29, 0.717) is 24.0 Å². The first kappa shape index (κ1) is 24.8. The highest BCUT2D eigenvalue weighted by Crippen LogP contribution is 2.47. The summed E-state index contributed by atoms with van der Waals surface area (Å²) in [5, 5.41) is 5.57. The summed E-state index contributed by atoms with van der Waals surface area (Å²) in [6.07, 6.45) is 1.60. The van der Waals surface area contributed by atoms with Gasteiger partial charge in [-0.25, -0.2) is 4.79 Å². The summed E-state index contributed by atoms with van der Waals surface area (Å²) in [4.78, 5) is 27.5. The van der Waals surface area contributed by atoms with Gasteiger partial charge in [-0.3, -0.25) is 4.79 Å². The zero-order valence-electron chi connectivity index (χ0n) is 21.8. The number of Topliss-reactive ketones (excluding diaryl/α,β-unsaturated/α-hetero) is 1. The van der Waals surface area contributed by atoms with Crippen LogP contribution in [0.15, 0.2) is 89.3 Å². The molecule has 1 heterocycles. The van der Waals surface area contributed by atoms with Crippen molar-refractivity contribution in [3.05, 3.63) is 100 Å². The molecule has 0 bridgehead atoms. The van der Waals surface area contributed by atoms with Crippen molar-refractivity contribution in [3.8, 4) is 5.75 Å². The lowest BCUT2D eigenvalue weighted by atomic mass is 9.71. The summed E-state index contributed by atoms with van der Waals surface area (Å²) in [5.41, 5.74) is 4.90. The number of hydrogen-bond donors (Lipinski definition) is 1. The van der Waals surface area contributed by atoms with Crippen molar-refractivity contribution in [3.63, 3.8) is 0 Å². The third-order valence-corrected chi connectivity index (χ3v) is 7.65. The molecule has 37 heavy (non-hydrogen) atoms. The Kier molecular flexibility index (Phi) is 6.88. The third kappa shape index (κ3) is 4.66. The van der Waals surface area contributed by atoms with Crippen LogP contribution in [0.1, 0.15) is 63.0 Å². The fourth-order valence-corrected chi connectivity index (χ4v) is 5.56. The number of carbonyl (C=O) groups is 2. The van der Waals surface area contributed by atoms with Gasteiger partial charge in [-0.15, -0.1) is 0 Å². The van der Waals surface area contributed by atoms with E-state index in [1.807, 2.05) is 69.3 Å². The Balaban J connectivity index is 1.62. The monoisotopic (exact) mass is 495 g/mol. The lowest BCUT2D eigenvalue weighted by molar-refractivity contribution is -0.143. The van der Waals surface area contributed by atoms with Crippen molar-refractivity contribution < 1.29 is 19.1 Å². The third-order valence-electron chi connectivity index (χ3n) is 7.65. The zero-order valence-corrected chi connectivity index (χ0v) is 21.8. The van der Waals surface area contributed by atoms with E-state index in [1.54, 1.807) is 7.11 Å². The molecule has 0 spiro atoms. The number of benzene rings is 3. The van der Waals surface area contributed by atoms with Crippen LogP contribution in [0, 0.1) is 0 Å². The smallest absolute Gasteiger partial charge is 0.337 e. The Morgan fingerprint density at radius 1 is 1.03 bits per heavy atom. The van der Waals surface area contributed by atoms with Gasteiger partial charge in [0, 0.05) is 29.3 Å². The van der Waals surface area contributed by atoms with Gasteiger partial charge in [0.15, 0.2) is 5.78 Å². The van der Waals surface area contributed by atoms with Gasteiger partial charge in [0.2, 0.25) is 0 Å². The summed E-state index contributed by atoms with van der Waals surface area (Å²) in [5.74, 6) is 0.0612. The molecule has 3 aromatic rings. The second-order valence-electron chi connectivity index (χ2n) is 9.98. The van der Waals surface area contributed by atoms with Crippen LogP contribution in [0.25, 0.3) is 10.8 Å². The molecule has 1 aliphatic heterocycles. The van der Waals surface area contributed by atoms with Gasteiger partial charge in [0.25, 0.3) is 0 Å². The fraction of sp³-hybridized carbons (Fsp3) is 0.312. The molecule has 5 nitrogen and oxygen atoms in total. The Bertz CT molecular complexity index is 1410. The molecular formula is C32H33NO4. The topological polar surface area (TPSA) is 64.6 Å². The van der Waals surface area contributed by atoms with Crippen LogP contribution in [-0.2, 0) is 14.3 Å². The Hall–Kier alpha value is -3.86. The van der Waals surface area contributed by atoms with E-state index < -0.39 is 5.92 Å². The average molecular weight is 496 g/mol. The minimum absolute atomic E-state index is 0.0549. The number of fused-ring (bicyclic) bond motifs is 1. The molecule has 1 aliphatic carbocycles. The maximum Gasteiger partial charge on any atom is 0.337 e. The zero-order chi connectivity index (χ0) is 26.1. The molecule has 0 saturated carbocycles. The molecule has 5 rings (SSSR count). The second kappa shape index (κ2) is 10.3. The van der Waals surface area contributed by atoms with E-state index in [0.717, 1.165) is 45.5 Å². The molecular weight excluding hydrogens is 462 g/mol. The van der Waals surface area contributed by atoms with E-state index in [4.69, 9.17) is 9.47 Å². The predicted octanol–water partition coefficient (Wildman–Crippen LogP) is 6.55. The highest BCUT2D eigenvalue weighted by Gasteiger charge is 2.42. The standard InChI is InChI=1S/C32H33NO4/c1-5-19(2)37-32(35)29-20(3)33-27-17-23(21-13-15-24(36-4)16-14-21)18-28(34)31(27)30(29)26-12-8-10-22-9-6-7-11-25(22)26/h6-16,19,23,30,33H,5,17-18H2,1-4H3/t19-,23+,30+/m0/s1. The summed E-state index contributed by atoms with van der Waals surface area (Å²) in [6.45, 7) is 5.80. The molecule has 0 saturated heterocycles. The summed E-state index contributed by atoms with van der Waals surface area (Å²) in [6, 6.07) is 22.2. The van der Waals surface area contributed by atoms with Crippen LogP contribution >= 0.6 is 0 Å². The average Bonchev–Trinajstić information content (AvgIpc) is 2.91. The molecule has 0 unspecified atom stereocenters. The molecule has 5 heteroatoms. The van der Waals surface area contributed by atoms with Crippen molar-refractivity contribution >= 4 is 22.5 Å². The van der Waals surface area contributed by atoms with E-state index in [9.17, 15) is 9.59 Å². The molecule has 0 fully saturated rings. The minimum Gasteiger partial charge on any atom is -0.497 e. The first-order chi connectivity index (χ1) is 17.9. The Labute approximate surface area is 218 Å². The van der Waals surface area contributed by atoms with Crippen molar-refractivity contribution in [2.75, 3.05) is 7.11 Å². The van der Waals surface area contributed by atoms with Gasteiger partial charge in [0.05, 0.1) is 18.8 Å². The van der Waals surface area contributed by atoms with E-state index in [2.05, 4.69) is 23.5 Å². The van der Waals surface area contributed by atoms with Crippen molar-refractivity contribution in [2.24, 2.45) is 0 Å². The SMILES string of the molecule is CC[C@H](C)OC(=O)C1=C(C)NC2=C(C(=O)C[C@H](c3ccc(OC)cc3)C2)[C@@H]1c1cccc2ccccc12. The molecule has 2 aliphatic rings. The molecule has 3 aromatic carbocycles. The number of carbonyl (C=O) groups excluding carboxylic acids is 2. The lowest BCUT2D eigenvalue weighted by Gasteiger charge is -2.37. The number of allylic oxidation sites excluding steroid dienone is 3. The minimum atomic E-state index is -0.483. The highest BCUT2D eigenvalue weighted by atomic mass is 16.5. The molecule has 0 radical (unpaired) electrons. The summed E-state index contributed by atoms with van der Waals surface area (Å²) >= 11 is 0. The van der Waals surface area contributed by atoms with Gasteiger partial charge in [0.1, 0.15) is 5.75 Å². The van der Waals surface area contributed by atoms with E-state index >= 15 is 0 Å². The number of ketones is 1. The second-order valence-corrected chi connectivity index (χ2v) is 9.98. The van der Waals surface area contributed by atoms with Crippen LogP contribution in [0.2, 0.25) is 0 Å². The first-order valence-corrected chi connectivity index (χ1v) is 13.0. The van der Waals surface area contributed by atoms with Crippen molar-refractivity contribution in [1.29, 1.82) is 0 Å². The number of dihydropyridines is 1. The van der Waals surface area contributed by atoms with Gasteiger partial charge in [-0.1, -0.05) is 61.5 Å². The summed E-state index contributed by atoms with van der Waals surface area (Å²) in [7, 11) is 1.65. The highest BCUT2D eigenvalue weighted by molar-refractivity contribution is 6.05. The first-order valence-electron chi connectivity index (χ1n) is 13.0. The van der Waals surface area contributed by atoms with Crippen LogP contribution in [-0.4, -0.2) is 25.0 Å². The lowest BCUT2D eigenvalue weighted by Crippen LogP contribution is -2.36. The molecule has 1 N–H and O–H groups in total. The molecule has 3 atom stereocenters. The molecule has 190 valence electrons. The fourth-order valence-electron chi connectivity index (χ4n) is 5.56. The number of rotatable bonds is 6. The number of esters is 1. The quantitative estimate of drug-likeness (QED) is 0.393.